The molecule has 0 aliphatic carbocycles. The van der Waals surface area contributed by atoms with Crippen molar-refractivity contribution in [2.24, 2.45) is 0 Å². The van der Waals surface area contributed by atoms with Gasteiger partial charge in [-0.3, -0.25) is 4.79 Å². The normalized spacial score (nSPS) is 17.0. The van der Waals surface area contributed by atoms with Crippen LogP contribution in [0.4, 0.5) is 5.69 Å². The maximum Gasteiger partial charge on any atom is 0.256 e. The van der Waals surface area contributed by atoms with Gasteiger partial charge in [0.05, 0.1) is 5.02 Å². The second-order valence-corrected chi connectivity index (χ2v) is 6.68. The average molecular weight is 377 g/mol. The van der Waals surface area contributed by atoms with E-state index in [0.717, 1.165) is 11.3 Å². The Kier molecular flexibility index (Phi) is 5.63. The largest absolute Gasteiger partial charge is 0.506 e. The number of para-hydroxylation sites is 1. The molecule has 4 nitrogen and oxygen atoms in total. The van der Waals surface area contributed by atoms with Gasteiger partial charge >= 0.3 is 0 Å². The van der Waals surface area contributed by atoms with Crippen LogP contribution in [0, 0.1) is 0 Å². The number of phenols is 1. The molecule has 2 heterocycles. The van der Waals surface area contributed by atoms with Crippen LogP contribution in [0.2, 0.25) is 10.0 Å². The highest BCUT2D eigenvalue weighted by Gasteiger charge is 2.23. The smallest absolute Gasteiger partial charge is 0.256 e. The van der Waals surface area contributed by atoms with Crippen LogP contribution in [0.15, 0.2) is 36.4 Å². The summed E-state index contributed by atoms with van der Waals surface area (Å²) in [5, 5.41) is 16.5. The van der Waals surface area contributed by atoms with E-state index in [-0.39, 0.29) is 16.7 Å². The van der Waals surface area contributed by atoms with E-state index in [1.54, 1.807) is 12.1 Å². The molecule has 1 amide bonds. The lowest BCUT2D eigenvalue weighted by Crippen LogP contribution is -2.03. The van der Waals surface area contributed by atoms with Gasteiger partial charge in [-0.15, -0.1) is 0 Å². The molecule has 0 saturated carbocycles. The van der Waals surface area contributed by atoms with Gasteiger partial charge in [-0.1, -0.05) is 41.4 Å². The molecule has 2 aromatic carbocycles. The van der Waals surface area contributed by atoms with E-state index >= 15 is 0 Å². The summed E-state index contributed by atoms with van der Waals surface area (Å²) in [5.41, 5.74) is 2.41. The molecule has 0 unspecified atom stereocenters. The van der Waals surface area contributed by atoms with Crippen LogP contribution in [-0.2, 0) is 4.79 Å². The molecule has 2 aliphatic rings. The van der Waals surface area contributed by atoms with Gasteiger partial charge in [-0.05, 0) is 50.2 Å². The number of aromatic hydroxyl groups is 1. The zero-order valence-corrected chi connectivity index (χ0v) is 15.0. The summed E-state index contributed by atoms with van der Waals surface area (Å²) in [6.45, 7) is 2.50. The van der Waals surface area contributed by atoms with Crippen molar-refractivity contribution in [3.63, 3.8) is 0 Å². The standard InChI is InChI=1S/C15H9Cl2NO2.C4H9N/c16-9-5-8(14(19)12(17)7-9)6-11-10-3-1-2-4-13(10)18-15(11)20;1-2-4-5-3-1/h1-7,19H,(H,18,20);5H,1-4H2/b11-6-;. The van der Waals surface area contributed by atoms with Crippen LogP contribution in [-0.4, -0.2) is 24.1 Å². The average Bonchev–Trinajstić information content (AvgIpc) is 3.25. The quantitative estimate of drug-likeness (QED) is 0.639. The second-order valence-electron chi connectivity index (χ2n) is 5.84. The molecule has 0 bridgehead atoms. The van der Waals surface area contributed by atoms with Crippen molar-refractivity contribution in [2.75, 3.05) is 18.4 Å². The molecule has 0 spiro atoms. The van der Waals surface area contributed by atoms with E-state index < -0.39 is 0 Å². The molecule has 1 fully saturated rings. The number of benzene rings is 2. The summed E-state index contributed by atoms with van der Waals surface area (Å²) < 4.78 is 0. The Bertz CT molecular complexity index is 823. The Morgan fingerprint density at radius 3 is 2.48 bits per heavy atom. The third-order valence-corrected chi connectivity index (χ3v) is 4.53. The molecule has 0 aromatic heterocycles. The first-order valence-corrected chi connectivity index (χ1v) is 8.83. The molecule has 3 N–H and O–H groups in total. The number of fused-ring (bicyclic) bond motifs is 1. The number of phenolic OH excluding ortho intramolecular Hbond substituents is 1. The van der Waals surface area contributed by atoms with Crippen molar-refractivity contribution in [2.45, 2.75) is 12.8 Å². The summed E-state index contributed by atoms with van der Waals surface area (Å²) >= 11 is 11.8. The number of anilines is 1. The number of amides is 1. The van der Waals surface area contributed by atoms with Gasteiger partial charge in [0.2, 0.25) is 0 Å². The zero-order valence-electron chi connectivity index (χ0n) is 13.5. The third-order valence-electron chi connectivity index (χ3n) is 4.02. The lowest BCUT2D eigenvalue weighted by Gasteiger charge is -2.04. The fourth-order valence-corrected chi connectivity index (χ4v) is 3.27. The van der Waals surface area contributed by atoms with E-state index in [1.165, 1.54) is 32.0 Å². The Hall–Kier alpha value is -2.01. The van der Waals surface area contributed by atoms with Crippen molar-refractivity contribution in [3.05, 3.63) is 57.6 Å². The predicted molar refractivity (Wildman–Crippen MR) is 103 cm³/mol. The van der Waals surface area contributed by atoms with Crippen molar-refractivity contribution < 1.29 is 9.90 Å². The summed E-state index contributed by atoms with van der Waals surface area (Å²) in [4.78, 5) is 12.0. The highest BCUT2D eigenvalue weighted by atomic mass is 35.5. The molecule has 130 valence electrons. The molecule has 0 atom stereocenters. The van der Waals surface area contributed by atoms with Crippen LogP contribution >= 0.6 is 23.2 Å². The first-order chi connectivity index (χ1) is 12.1. The lowest BCUT2D eigenvalue weighted by atomic mass is 10.0. The van der Waals surface area contributed by atoms with Crippen LogP contribution in [0.25, 0.3) is 11.6 Å². The molecule has 25 heavy (non-hydrogen) atoms. The number of hydrogen-bond donors (Lipinski definition) is 3. The zero-order chi connectivity index (χ0) is 17.8. The minimum Gasteiger partial charge on any atom is -0.506 e. The van der Waals surface area contributed by atoms with E-state index in [0.29, 0.717) is 16.2 Å². The van der Waals surface area contributed by atoms with Crippen LogP contribution < -0.4 is 10.6 Å². The fourth-order valence-electron chi connectivity index (χ4n) is 2.76. The first kappa shape index (κ1) is 17.8. The summed E-state index contributed by atoms with van der Waals surface area (Å²) in [7, 11) is 0. The van der Waals surface area contributed by atoms with Gasteiger partial charge < -0.3 is 15.7 Å². The van der Waals surface area contributed by atoms with E-state index in [9.17, 15) is 9.90 Å². The molecule has 2 aliphatic heterocycles. The molecule has 4 rings (SSSR count). The van der Waals surface area contributed by atoms with Crippen molar-refractivity contribution >= 4 is 46.4 Å². The maximum absolute atomic E-state index is 12.0. The molecular formula is C19H18Cl2N2O2. The monoisotopic (exact) mass is 376 g/mol. The number of hydrogen-bond acceptors (Lipinski definition) is 3. The molecule has 2 aromatic rings. The predicted octanol–water partition coefficient (Wildman–Crippen LogP) is 4.56. The number of halogens is 2. The van der Waals surface area contributed by atoms with Crippen molar-refractivity contribution in [1.29, 1.82) is 0 Å². The molecule has 1 saturated heterocycles. The van der Waals surface area contributed by atoms with Gasteiger partial charge in [-0.2, -0.15) is 0 Å². The second kappa shape index (κ2) is 7.91. The number of carbonyl (C=O) groups is 1. The molecule has 0 radical (unpaired) electrons. The van der Waals surface area contributed by atoms with Crippen LogP contribution in [0.1, 0.15) is 24.0 Å². The maximum atomic E-state index is 12.0. The van der Waals surface area contributed by atoms with E-state index in [2.05, 4.69) is 10.6 Å². The number of nitrogens with one attached hydrogen (secondary N) is 2. The fraction of sp³-hybridized carbons (Fsp3) is 0.211. The van der Waals surface area contributed by atoms with Crippen molar-refractivity contribution in [1.82, 2.24) is 5.32 Å². The Balaban J connectivity index is 0.000000314. The summed E-state index contributed by atoms with van der Waals surface area (Å²) in [5.74, 6) is -0.317. The van der Waals surface area contributed by atoms with Gasteiger partial charge in [-0.25, -0.2) is 0 Å². The Morgan fingerprint density at radius 1 is 1.08 bits per heavy atom. The van der Waals surface area contributed by atoms with E-state index in [1.807, 2.05) is 24.3 Å². The van der Waals surface area contributed by atoms with Gasteiger partial charge in [0.1, 0.15) is 5.75 Å². The summed E-state index contributed by atoms with van der Waals surface area (Å²) in [6.07, 6.45) is 4.36. The van der Waals surface area contributed by atoms with Gasteiger partial charge in [0.25, 0.3) is 5.91 Å². The van der Waals surface area contributed by atoms with Gasteiger partial charge in [0, 0.05) is 27.4 Å². The van der Waals surface area contributed by atoms with E-state index in [4.69, 9.17) is 23.2 Å². The Morgan fingerprint density at radius 2 is 1.80 bits per heavy atom. The molecular weight excluding hydrogens is 359 g/mol. The van der Waals surface area contributed by atoms with Crippen LogP contribution in [0.3, 0.4) is 0 Å². The lowest BCUT2D eigenvalue weighted by molar-refractivity contribution is -0.110. The highest BCUT2D eigenvalue weighted by molar-refractivity contribution is 6.37. The van der Waals surface area contributed by atoms with Crippen LogP contribution in [0.5, 0.6) is 5.75 Å². The molecule has 6 heteroatoms. The number of carbonyl (C=O) groups excluding carboxylic acids is 1. The topological polar surface area (TPSA) is 61.4 Å². The first-order valence-electron chi connectivity index (χ1n) is 8.07. The summed E-state index contributed by atoms with van der Waals surface area (Å²) in [6, 6.07) is 10.3. The minimum atomic E-state index is -0.221. The third kappa shape index (κ3) is 4.15. The highest BCUT2D eigenvalue weighted by Crippen LogP contribution is 2.37. The van der Waals surface area contributed by atoms with Gasteiger partial charge in [0.15, 0.2) is 0 Å². The Labute approximate surface area is 156 Å². The SMILES string of the molecule is C1CCNC1.O=C1Nc2ccccc2/C1=C/c1cc(Cl)cc(Cl)c1O. The minimum absolute atomic E-state index is 0.0965. The van der Waals surface area contributed by atoms with Crippen molar-refractivity contribution in [3.8, 4) is 5.75 Å². The number of rotatable bonds is 1.